The molecule has 0 saturated carbocycles. The van der Waals surface area contributed by atoms with E-state index in [1.165, 1.54) is 29.3 Å². The molecule has 1 atom stereocenters. The van der Waals surface area contributed by atoms with Crippen LogP contribution in [0, 0.1) is 18.6 Å². The Morgan fingerprint density at radius 1 is 0.862 bits per heavy atom. The molecule has 0 bridgehead atoms. The fourth-order valence-electron chi connectivity index (χ4n) is 4.01. The van der Waals surface area contributed by atoms with Gasteiger partial charge in [-0.25, -0.2) is 8.78 Å². The number of benzene rings is 3. The predicted molar refractivity (Wildman–Crippen MR) is 113 cm³/mol. The number of rotatable bonds is 5. The molecule has 0 radical (unpaired) electrons. The summed E-state index contributed by atoms with van der Waals surface area (Å²) < 4.78 is 27.9. The molecular formula is C24H23ClF2N2. The normalized spacial score (nSPS) is 17.7. The van der Waals surface area contributed by atoms with Gasteiger partial charge in [0, 0.05) is 36.8 Å². The zero-order chi connectivity index (χ0) is 20.4. The highest BCUT2D eigenvalue weighted by Gasteiger charge is 2.34. The summed E-state index contributed by atoms with van der Waals surface area (Å²) in [6.07, 6.45) is -0.0779. The van der Waals surface area contributed by atoms with Crippen molar-refractivity contribution in [3.05, 3.63) is 106 Å². The molecule has 0 unspecified atom stereocenters. The van der Waals surface area contributed by atoms with Gasteiger partial charge in [0.25, 0.3) is 0 Å². The molecule has 0 spiro atoms. The van der Waals surface area contributed by atoms with Crippen molar-refractivity contribution in [3.8, 4) is 0 Å². The van der Waals surface area contributed by atoms with Crippen LogP contribution in [0.3, 0.4) is 0 Å². The summed E-state index contributed by atoms with van der Waals surface area (Å²) in [6, 6.07) is 19.7. The van der Waals surface area contributed by atoms with Crippen LogP contribution in [-0.2, 0) is 13.1 Å². The maximum Gasteiger partial charge on any atom is 0.129 e. The molecule has 3 aromatic rings. The van der Waals surface area contributed by atoms with Crippen LogP contribution in [0.25, 0.3) is 0 Å². The van der Waals surface area contributed by atoms with Crippen molar-refractivity contribution < 1.29 is 8.78 Å². The van der Waals surface area contributed by atoms with E-state index in [1.807, 2.05) is 24.3 Å². The number of nitrogens with zero attached hydrogens (tertiary/aromatic N) is 2. The molecule has 3 aromatic carbocycles. The van der Waals surface area contributed by atoms with Gasteiger partial charge in [-0.15, -0.1) is 0 Å². The van der Waals surface area contributed by atoms with E-state index in [-0.39, 0.29) is 17.8 Å². The van der Waals surface area contributed by atoms with E-state index >= 15 is 0 Å². The molecule has 0 amide bonds. The van der Waals surface area contributed by atoms with E-state index in [9.17, 15) is 8.78 Å². The van der Waals surface area contributed by atoms with Gasteiger partial charge in [0.05, 0.1) is 6.17 Å². The number of hydrogen-bond donors (Lipinski definition) is 0. The lowest BCUT2D eigenvalue weighted by Crippen LogP contribution is -2.31. The minimum absolute atomic E-state index is 0.0779. The first-order chi connectivity index (χ1) is 14.0. The molecule has 0 aliphatic carbocycles. The third-order valence-electron chi connectivity index (χ3n) is 5.59. The van der Waals surface area contributed by atoms with Crippen molar-refractivity contribution in [2.24, 2.45) is 0 Å². The van der Waals surface area contributed by atoms with Crippen molar-refractivity contribution in [2.75, 3.05) is 13.1 Å². The van der Waals surface area contributed by atoms with Crippen LogP contribution in [0.1, 0.15) is 28.4 Å². The molecular weight excluding hydrogens is 390 g/mol. The molecule has 150 valence electrons. The lowest BCUT2D eigenvalue weighted by atomic mass is 10.1. The Morgan fingerprint density at radius 2 is 1.55 bits per heavy atom. The van der Waals surface area contributed by atoms with E-state index in [2.05, 4.69) is 28.9 Å². The van der Waals surface area contributed by atoms with Gasteiger partial charge in [-0.2, -0.15) is 0 Å². The van der Waals surface area contributed by atoms with Gasteiger partial charge in [-0.05, 0) is 47.9 Å². The van der Waals surface area contributed by atoms with Crippen LogP contribution in [0.5, 0.6) is 0 Å². The Morgan fingerprint density at radius 3 is 2.24 bits per heavy atom. The standard InChI is InChI=1S/C24H23ClF2N2/c1-17-5-2-3-6-19(17)15-28-13-14-29(16-21-22(25)7-4-8-23(21)27)24(28)18-9-11-20(26)12-10-18/h2-12,24H,13-16H2,1H3/t24-/m0/s1. The molecule has 4 rings (SSSR count). The zero-order valence-electron chi connectivity index (χ0n) is 16.3. The molecule has 1 fully saturated rings. The monoisotopic (exact) mass is 412 g/mol. The van der Waals surface area contributed by atoms with E-state index < -0.39 is 0 Å². The van der Waals surface area contributed by atoms with Crippen molar-refractivity contribution in [1.29, 1.82) is 0 Å². The molecule has 0 N–H and O–H groups in total. The second-order valence-electron chi connectivity index (χ2n) is 7.49. The van der Waals surface area contributed by atoms with Crippen LogP contribution < -0.4 is 0 Å². The molecule has 29 heavy (non-hydrogen) atoms. The fourth-order valence-corrected chi connectivity index (χ4v) is 4.24. The van der Waals surface area contributed by atoms with Crippen LogP contribution in [0.4, 0.5) is 8.78 Å². The summed E-state index contributed by atoms with van der Waals surface area (Å²) >= 11 is 6.28. The van der Waals surface area contributed by atoms with E-state index in [1.54, 1.807) is 12.1 Å². The van der Waals surface area contributed by atoms with Crippen molar-refractivity contribution >= 4 is 11.6 Å². The second-order valence-corrected chi connectivity index (χ2v) is 7.90. The summed E-state index contributed by atoms with van der Waals surface area (Å²) in [7, 11) is 0. The van der Waals surface area contributed by atoms with E-state index in [0.29, 0.717) is 17.1 Å². The second kappa shape index (κ2) is 8.62. The number of halogens is 3. The maximum absolute atomic E-state index is 14.4. The van der Waals surface area contributed by atoms with Gasteiger partial charge < -0.3 is 0 Å². The SMILES string of the molecule is Cc1ccccc1CN1CCN(Cc2c(F)cccc2Cl)[C@H]1c1ccc(F)cc1. The topological polar surface area (TPSA) is 6.48 Å². The molecule has 5 heteroatoms. The van der Waals surface area contributed by atoms with Crippen molar-refractivity contribution in [2.45, 2.75) is 26.2 Å². The highest BCUT2D eigenvalue weighted by Crippen LogP contribution is 2.34. The van der Waals surface area contributed by atoms with Gasteiger partial charge in [0.2, 0.25) is 0 Å². The van der Waals surface area contributed by atoms with Gasteiger partial charge in [0.15, 0.2) is 0 Å². The highest BCUT2D eigenvalue weighted by molar-refractivity contribution is 6.31. The summed E-state index contributed by atoms with van der Waals surface area (Å²) in [5.74, 6) is -0.561. The Balaban J connectivity index is 1.66. The number of hydrogen-bond acceptors (Lipinski definition) is 2. The van der Waals surface area contributed by atoms with Crippen LogP contribution in [0.15, 0.2) is 66.7 Å². The Kier molecular flexibility index (Phi) is 5.95. The summed E-state index contributed by atoms with van der Waals surface area (Å²) in [5.41, 5.74) is 3.98. The number of aryl methyl sites for hydroxylation is 1. The van der Waals surface area contributed by atoms with Crippen LogP contribution in [-0.4, -0.2) is 22.9 Å². The fraction of sp³-hybridized carbons (Fsp3) is 0.250. The smallest absolute Gasteiger partial charge is 0.129 e. The molecule has 0 aromatic heterocycles. The Labute approximate surface area is 175 Å². The van der Waals surface area contributed by atoms with Crippen LogP contribution in [0.2, 0.25) is 5.02 Å². The third-order valence-corrected chi connectivity index (χ3v) is 5.95. The van der Waals surface area contributed by atoms with Crippen molar-refractivity contribution in [3.63, 3.8) is 0 Å². The molecule has 1 aliphatic rings. The summed E-state index contributed by atoms with van der Waals surface area (Å²) in [4.78, 5) is 4.56. The quantitative estimate of drug-likeness (QED) is 0.511. The lowest BCUT2D eigenvalue weighted by molar-refractivity contribution is 0.124. The Bertz CT molecular complexity index is 970. The zero-order valence-corrected chi connectivity index (χ0v) is 17.0. The first kappa shape index (κ1) is 20.0. The Hall–Kier alpha value is -2.27. The lowest BCUT2D eigenvalue weighted by Gasteiger charge is -2.31. The summed E-state index contributed by atoms with van der Waals surface area (Å²) in [6.45, 7) is 4.89. The van der Waals surface area contributed by atoms with Gasteiger partial charge in [-0.3, -0.25) is 9.80 Å². The molecule has 1 saturated heterocycles. The largest absolute Gasteiger partial charge is 0.278 e. The predicted octanol–water partition coefficient (Wildman–Crippen LogP) is 5.94. The van der Waals surface area contributed by atoms with E-state index in [0.717, 1.165) is 25.2 Å². The molecule has 1 aliphatic heterocycles. The molecule has 2 nitrogen and oxygen atoms in total. The third kappa shape index (κ3) is 4.35. The first-order valence-electron chi connectivity index (χ1n) is 9.74. The van der Waals surface area contributed by atoms with Crippen molar-refractivity contribution in [1.82, 2.24) is 9.80 Å². The first-order valence-corrected chi connectivity index (χ1v) is 10.1. The minimum atomic E-state index is -0.298. The average Bonchev–Trinajstić information content (AvgIpc) is 3.09. The van der Waals surface area contributed by atoms with E-state index in [4.69, 9.17) is 11.6 Å². The molecule has 1 heterocycles. The van der Waals surface area contributed by atoms with Gasteiger partial charge >= 0.3 is 0 Å². The summed E-state index contributed by atoms with van der Waals surface area (Å²) in [5, 5.41) is 0.431. The van der Waals surface area contributed by atoms with Gasteiger partial charge in [0.1, 0.15) is 11.6 Å². The average molecular weight is 413 g/mol. The van der Waals surface area contributed by atoms with Gasteiger partial charge in [-0.1, -0.05) is 54.1 Å². The maximum atomic E-state index is 14.4. The minimum Gasteiger partial charge on any atom is -0.278 e. The highest BCUT2D eigenvalue weighted by atomic mass is 35.5. The van der Waals surface area contributed by atoms with Crippen LogP contribution >= 0.6 is 11.6 Å².